The topological polar surface area (TPSA) is 98.2 Å². The van der Waals surface area contributed by atoms with E-state index >= 15 is 0 Å². The number of hydrogen-bond acceptors (Lipinski definition) is 3. The summed E-state index contributed by atoms with van der Waals surface area (Å²) >= 11 is 0. The average molecular weight is 291 g/mol. The van der Waals surface area contributed by atoms with Crippen molar-refractivity contribution in [2.24, 2.45) is 11.5 Å². The Morgan fingerprint density at radius 3 is 2.43 bits per heavy atom. The van der Waals surface area contributed by atoms with Gasteiger partial charge >= 0.3 is 0 Å². The van der Waals surface area contributed by atoms with Gasteiger partial charge in [-0.2, -0.15) is 0 Å². The van der Waals surface area contributed by atoms with Gasteiger partial charge in [0.2, 0.25) is 11.8 Å². The zero-order chi connectivity index (χ0) is 15.7. The monoisotopic (exact) mass is 291 g/mol. The van der Waals surface area contributed by atoms with Gasteiger partial charge < -0.3 is 16.8 Å². The minimum Gasteiger partial charge on any atom is -0.368 e. The summed E-state index contributed by atoms with van der Waals surface area (Å²) in [6, 6.07) is 8.13. The molecule has 1 aromatic carbocycles. The normalized spacial score (nSPS) is 13.4. The van der Waals surface area contributed by atoms with Crippen LogP contribution in [0.15, 0.2) is 30.3 Å². The van der Waals surface area contributed by atoms with Crippen molar-refractivity contribution < 1.29 is 9.59 Å². The van der Waals surface area contributed by atoms with Crippen LogP contribution in [0.2, 0.25) is 0 Å². The van der Waals surface area contributed by atoms with E-state index in [9.17, 15) is 9.59 Å². The van der Waals surface area contributed by atoms with E-state index in [1.165, 1.54) is 0 Å². The lowest BCUT2D eigenvalue weighted by molar-refractivity contribution is -0.128. The van der Waals surface area contributed by atoms with Gasteiger partial charge in [-0.25, -0.2) is 0 Å². The van der Waals surface area contributed by atoms with Crippen molar-refractivity contribution in [3.63, 3.8) is 0 Å². The number of carbonyl (C=O) groups excluding carboxylic acids is 2. The minimum absolute atomic E-state index is 0.314. The summed E-state index contributed by atoms with van der Waals surface area (Å²) in [6.07, 6.45) is 4.03. The summed E-state index contributed by atoms with van der Waals surface area (Å²) in [4.78, 5) is 23.5. The van der Waals surface area contributed by atoms with Gasteiger partial charge in [0.15, 0.2) is 0 Å². The molecule has 0 heterocycles. The maximum atomic E-state index is 12.0. The van der Waals surface area contributed by atoms with E-state index < -0.39 is 18.0 Å². The standard InChI is InChI=1S/C16H25N3O2/c1-2-3-5-10-13(17)16(21)19-14(15(18)20)11-12-8-6-4-7-9-12/h4,6-9,13-14H,2-3,5,10-11,17H2,1H3,(H2,18,20)(H,19,21)/t13-,14-/m0/s1. The predicted octanol–water partition coefficient (Wildman–Crippen LogP) is 1.11. The Morgan fingerprint density at radius 1 is 1.19 bits per heavy atom. The van der Waals surface area contributed by atoms with E-state index in [1.807, 2.05) is 30.3 Å². The van der Waals surface area contributed by atoms with Gasteiger partial charge in [-0.05, 0) is 12.0 Å². The number of benzene rings is 1. The molecule has 0 aliphatic carbocycles. The molecule has 2 atom stereocenters. The highest BCUT2D eigenvalue weighted by Crippen LogP contribution is 2.05. The average Bonchev–Trinajstić information content (AvgIpc) is 2.47. The third-order valence-electron chi connectivity index (χ3n) is 3.40. The largest absolute Gasteiger partial charge is 0.368 e. The van der Waals surface area contributed by atoms with Crippen LogP contribution < -0.4 is 16.8 Å². The first-order chi connectivity index (χ1) is 10.0. The van der Waals surface area contributed by atoms with E-state index in [4.69, 9.17) is 11.5 Å². The van der Waals surface area contributed by atoms with Crippen LogP contribution in [0.25, 0.3) is 0 Å². The van der Waals surface area contributed by atoms with Gasteiger partial charge in [0.25, 0.3) is 0 Å². The number of primary amides is 1. The Hall–Kier alpha value is -1.88. The van der Waals surface area contributed by atoms with E-state index in [-0.39, 0.29) is 5.91 Å². The molecule has 0 spiro atoms. The van der Waals surface area contributed by atoms with Gasteiger partial charge in [0, 0.05) is 6.42 Å². The van der Waals surface area contributed by atoms with E-state index in [0.717, 1.165) is 24.8 Å². The summed E-state index contributed by atoms with van der Waals surface area (Å²) in [7, 11) is 0. The molecular weight excluding hydrogens is 266 g/mol. The first kappa shape index (κ1) is 17.2. The quantitative estimate of drug-likeness (QED) is 0.594. The highest BCUT2D eigenvalue weighted by Gasteiger charge is 2.21. The minimum atomic E-state index is -0.725. The van der Waals surface area contributed by atoms with Crippen LogP contribution >= 0.6 is 0 Å². The second kappa shape index (κ2) is 9.13. The maximum Gasteiger partial charge on any atom is 0.240 e. The zero-order valence-corrected chi connectivity index (χ0v) is 12.5. The lowest BCUT2D eigenvalue weighted by Gasteiger charge is -2.18. The Labute approximate surface area is 126 Å². The molecule has 1 aromatic rings. The molecule has 116 valence electrons. The number of carbonyl (C=O) groups is 2. The third-order valence-corrected chi connectivity index (χ3v) is 3.40. The molecule has 2 amide bonds. The number of hydrogen-bond donors (Lipinski definition) is 3. The highest BCUT2D eigenvalue weighted by atomic mass is 16.2. The zero-order valence-electron chi connectivity index (χ0n) is 12.5. The van der Waals surface area contributed by atoms with E-state index in [1.54, 1.807) is 0 Å². The van der Waals surface area contributed by atoms with Crippen LogP contribution in [0, 0.1) is 0 Å². The summed E-state index contributed by atoms with van der Waals surface area (Å²) in [5.74, 6) is -0.862. The van der Waals surface area contributed by atoms with Gasteiger partial charge in [-0.1, -0.05) is 56.5 Å². The SMILES string of the molecule is CCCCC[C@H](N)C(=O)N[C@@H](Cc1ccccc1)C(N)=O. The summed E-state index contributed by atoms with van der Waals surface area (Å²) in [6.45, 7) is 2.09. The Kier molecular flexibility index (Phi) is 7.46. The van der Waals surface area contributed by atoms with Crippen molar-refractivity contribution in [1.82, 2.24) is 5.32 Å². The van der Waals surface area contributed by atoms with Crippen molar-refractivity contribution in [3.05, 3.63) is 35.9 Å². The number of nitrogens with two attached hydrogens (primary N) is 2. The summed E-state index contributed by atoms with van der Waals surface area (Å²) < 4.78 is 0. The number of unbranched alkanes of at least 4 members (excludes halogenated alkanes) is 2. The molecule has 0 aliphatic heterocycles. The van der Waals surface area contributed by atoms with Crippen LogP contribution in [0.1, 0.15) is 38.2 Å². The lowest BCUT2D eigenvalue weighted by Crippen LogP contribution is -2.51. The fraction of sp³-hybridized carbons (Fsp3) is 0.500. The first-order valence-electron chi connectivity index (χ1n) is 7.43. The van der Waals surface area contributed by atoms with Gasteiger partial charge in [0.05, 0.1) is 6.04 Å². The molecule has 5 heteroatoms. The fourth-order valence-electron chi connectivity index (χ4n) is 2.10. The molecule has 5 N–H and O–H groups in total. The summed E-state index contributed by atoms with van der Waals surface area (Å²) in [5.41, 5.74) is 12.1. The highest BCUT2D eigenvalue weighted by molar-refractivity contribution is 5.89. The van der Waals surface area contributed by atoms with Crippen LogP contribution in [-0.2, 0) is 16.0 Å². The predicted molar refractivity (Wildman–Crippen MR) is 83.4 cm³/mol. The third kappa shape index (κ3) is 6.40. The second-order valence-electron chi connectivity index (χ2n) is 5.26. The molecule has 0 saturated carbocycles. The van der Waals surface area contributed by atoms with Crippen LogP contribution in [0.5, 0.6) is 0 Å². The molecule has 1 rings (SSSR count). The number of rotatable bonds is 9. The van der Waals surface area contributed by atoms with Crippen molar-refractivity contribution in [3.8, 4) is 0 Å². The van der Waals surface area contributed by atoms with E-state index in [2.05, 4.69) is 12.2 Å². The Bertz CT molecular complexity index is 448. The molecule has 0 aromatic heterocycles. The molecule has 0 unspecified atom stereocenters. The van der Waals surface area contributed by atoms with Crippen LogP contribution in [-0.4, -0.2) is 23.9 Å². The second-order valence-corrected chi connectivity index (χ2v) is 5.26. The molecular formula is C16H25N3O2. The molecule has 0 bridgehead atoms. The first-order valence-corrected chi connectivity index (χ1v) is 7.43. The Balaban J connectivity index is 2.54. The molecule has 0 saturated heterocycles. The molecule has 0 aliphatic rings. The molecule has 21 heavy (non-hydrogen) atoms. The molecule has 0 fully saturated rings. The van der Waals surface area contributed by atoms with Crippen molar-refractivity contribution in [2.75, 3.05) is 0 Å². The Morgan fingerprint density at radius 2 is 1.86 bits per heavy atom. The van der Waals surface area contributed by atoms with Gasteiger partial charge in [0.1, 0.15) is 6.04 Å². The molecule has 5 nitrogen and oxygen atoms in total. The van der Waals surface area contributed by atoms with Crippen molar-refractivity contribution >= 4 is 11.8 Å². The van der Waals surface area contributed by atoms with Gasteiger partial charge in [-0.3, -0.25) is 9.59 Å². The fourth-order valence-corrected chi connectivity index (χ4v) is 2.10. The lowest BCUT2D eigenvalue weighted by atomic mass is 10.0. The van der Waals surface area contributed by atoms with Gasteiger partial charge in [-0.15, -0.1) is 0 Å². The van der Waals surface area contributed by atoms with E-state index in [0.29, 0.717) is 12.8 Å². The number of nitrogens with one attached hydrogen (secondary N) is 1. The van der Waals surface area contributed by atoms with Crippen LogP contribution in [0.3, 0.4) is 0 Å². The smallest absolute Gasteiger partial charge is 0.240 e. The van der Waals surface area contributed by atoms with Crippen molar-refractivity contribution in [1.29, 1.82) is 0 Å². The maximum absolute atomic E-state index is 12.0. The van der Waals surface area contributed by atoms with Crippen molar-refractivity contribution in [2.45, 2.75) is 51.1 Å². The number of amides is 2. The molecule has 0 radical (unpaired) electrons. The van der Waals surface area contributed by atoms with Crippen LogP contribution in [0.4, 0.5) is 0 Å². The summed E-state index contributed by atoms with van der Waals surface area (Å²) in [5, 5.41) is 2.65.